The number of hydrogen-bond acceptors (Lipinski definition) is 6. The summed E-state index contributed by atoms with van der Waals surface area (Å²) in [5.41, 5.74) is 12.7. The molecule has 0 saturated heterocycles. The Labute approximate surface area is 182 Å². The molecule has 0 aliphatic heterocycles. The molecule has 2 rings (SSSR count). The molecule has 0 bridgehead atoms. The Balaban J connectivity index is 1.99. The van der Waals surface area contributed by atoms with E-state index in [0.717, 1.165) is 0 Å². The van der Waals surface area contributed by atoms with Crippen LogP contribution in [0.4, 0.5) is 5.69 Å². The van der Waals surface area contributed by atoms with Crippen LogP contribution in [-0.4, -0.2) is 46.0 Å². The lowest BCUT2D eigenvalue weighted by Gasteiger charge is -2.12. The van der Waals surface area contributed by atoms with Crippen molar-refractivity contribution in [3.63, 3.8) is 0 Å². The van der Waals surface area contributed by atoms with E-state index in [1.807, 2.05) is 0 Å². The molecule has 0 radical (unpaired) electrons. The third kappa shape index (κ3) is 7.13. The van der Waals surface area contributed by atoms with Crippen molar-refractivity contribution >= 4 is 35.5 Å². The number of benzene rings is 2. The highest BCUT2D eigenvalue weighted by atomic mass is 16.5. The molecular weight excluding hydrogens is 420 g/mol. The van der Waals surface area contributed by atoms with Crippen LogP contribution in [0.1, 0.15) is 27.9 Å². The summed E-state index contributed by atoms with van der Waals surface area (Å²) in [4.78, 5) is 50.0. The van der Waals surface area contributed by atoms with Gasteiger partial charge in [-0.1, -0.05) is 12.1 Å². The van der Waals surface area contributed by atoms with Gasteiger partial charge in [0.1, 0.15) is 11.8 Å². The fourth-order valence-electron chi connectivity index (χ4n) is 2.69. The predicted molar refractivity (Wildman–Crippen MR) is 114 cm³/mol. The number of hydrogen-bond donors (Lipinski definition) is 5. The highest BCUT2D eigenvalue weighted by Gasteiger charge is 2.23. The third-order valence-electron chi connectivity index (χ3n) is 4.19. The van der Waals surface area contributed by atoms with E-state index in [1.165, 1.54) is 30.3 Å². The second kappa shape index (κ2) is 10.6. The number of nitrogens with zero attached hydrogens (tertiary/aromatic N) is 1. The van der Waals surface area contributed by atoms with Crippen molar-refractivity contribution < 1.29 is 34.1 Å². The van der Waals surface area contributed by atoms with E-state index in [9.17, 15) is 19.2 Å². The van der Waals surface area contributed by atoms with Crippen molar-refractivity contribution in [3.8, 4) is 5.75 Å². The van der Waals surface area contributed by atoms with Crippen molar-refractivity contribution in [2.24, 2.45) is 16.5 Å². The first-order valence-corrected chi connectivity index (χ1v) is 9.30. The van der Waals surface area contributed by atoms with Gasteiger partial charge in [-0.2, -0.15) is 0 Å². The second-order valence-electron chi connectivity index (χ2n) is 6.80. The molecular formula is C21H22N4O7. The minimum Gasteiger partial charge on any atom is -0.481 e. The Bertz CT molecular complexity index is 1060. The van der Waals surface area contributed by atoms with E-state index in [-0.39, 0.29) is 18.1 Å². The van der Waals surface area contributed by atoms with Gasteiger partial charge >= 0.3 is 17.9 Å². The summed E-state index contributed by atoms with van der Waals surface area (Å²) >= 11 is 0. The van der Waals surface area contributed by atoms with Gasteiger partial charge in [0.2, 0.25) is 5.91 Å². The van der Waals surface area contributed by atoms with Crippen molar-refractivity contribution in [3.05, 3.63) is 59.2 Å². The first kappa shape index (κ1) is 23.9. The number of guanidine groups is 1. The summed E-state index contributed by atoms with van der Waals surface area (Å²) in [5, 5.41) is 19.8. The van der Waals surface area contributed by atoms with Gasteiger partial charge in [-0.15, -0.1) is 0 Å². The Morgan fingerprint density at radius 1 is 1.06 bits per heavy atom. The quantitative estimate of drug-likeness (QED) is 0.161. The van der Waals surface area contributed by atoms with Crippen LogP contribution in [0.3, 0.4) is 0 Å². The van der Waals surface area contributed by atoms with Gasteiger partial charge in [0, 0.05) is 0 Å². The zero-order valence-corrected chi connectivity index (χ0v) is 17.1. The molecule has 11 heteroatoms. The van der Waals surface area contributed by atoms with Crippen LogP contribution in [-0.2, 0) is 20.8 Å². The molecule has 0 aromatic heterocycles. The summed E-state index contributed by atoms with van der Waals surface area (Å²) in [6, 6.07) is 9.18. The topological polar surface area (TPSA) is 194 Å². The summed E-state index contributed by atoms with van der Waals surface area (Å²) < 4.78 is 5.31. The summed E-state index contributed by atoms with van der Waals surface area (Å²) in [6.07, 6.45) is -0.911. The maximum absolute atomic E-state index is 12.4. The van der Waals surface area contributed by atoms with Crippen LogP contribution in [0.2, 0.25) is 0 Å². The van der Waals surface area contributed by atoms with Gasteiger partial charge in [0.15, 0.2) is 5.96 Å². The number of rotatable bonds is 9. The molecule has 1 amide bonds. The first-order chi connectivity index (χ1) is 15.0. The number of aryl methyl sites for hydroxylation is 1. The number of carboxylic acids is 2. The number of ether oxygens (including phenoxy) is 1. The van der Waals surface area contributed by atoms with Crippen LogP contribution < -0.4 is 21.5 Å². The summed E-state index contributed by atoms with van der Waals surface area (Å²) in [6.45, 7) is 1.74. The standard InChI is InChI=1S/C21H22N4O7/c1-11-8-13(4-7-15(11)25-21(22)23)20(31)32-14-5-2-12(3-6-14)9-17(26)24-16(19(29)30)10-18(27)28/h2-8,16H,9-10H2,1H3,(H,24,26)(H,27,28)(H,29,30)(H4,22,23,25)/t16-/m0/s1. The van der Waals surface area contributed by atoms with Gasteiger partial charge < -0.3 is 31.7 Å². The number of aliphatic imine (C=N–C) groups is 1. The Hall–Kier alpha value is -4.41. The lowest BCUT2D eigenvalue weighted by atomic mass is 10.1. The van der Waals surface area contributed by atoms with Gasteiger partial charge in [0.25, 0.3) is 0 Å². The van der Waals surface area contributed by atoms with E-state index in [4.69, 9.17) is 26.4 Å². The smallest absolute Gasteiger partial charge is 0.343 e. The molecule has 2 aromatic carbocycles. The van der Waals surface area contributed by atoms with Crippen molar-refractivity contribution in [1.82, 2.24) is 5.32 Å². The maximum Gasteiger partial charge on any atom is 0.343 e. The molecule has 2 aromatic rings. The molecule has 0 fully saturated rings. The van der Waals surface area contributed by atoms with Crippen LogP contribution in [0, 0.1) is 6.92 Å². The van der Waals surface area contributed by atoms with Gasteiger partial charge in [-0.05, 0) is 48.4 Å². The molecule has 168 valence electrons. The maximum atomic E-state index is 12.4. The lowest BCUT2D eigenvalue weighted by Crippen LogP contribution is -2.42. The van der Waals surface area contributed by atoms with Crippen molar-refractivity contribution in [1.29, 1.82) is 0 Å². The molecule has 0 spiro atoms. The van der Waals surface area contributed by atoms with E-state index in [0.29, 0.717) is 22.4 Å². The average molecular weight is 442 g/mol. The number of carboxylic acid groups (broad SMARTS) is 2. The SMILES string of the molecule is Cc1cc(C(=O)Oc2ccc(CC(=O)N[C@@H](CC(=O)O)C(=O)O)cc2)ccc1N=C(N)N. The van der Waals surface area contributed by atoms with E-state index in [1.54, 1.807) is 19.1 Å². The fraction of sp³-hybridized carbons (Fsp3) is 0.190. The van der Waals surface area contributed by atoms with Gasteiger partial charge in [0.05, 0.1) is 24.1 Å². The zero-order chi connectivity index (χ0) is 23.8. The molecule has 0 aliphatic rings. The Morgan fingerprint density at radius 2 is 1.72 bits per heavy atom. The van der Waals surface area contributed by atoms with Crippen LogP contribution in [0.15, 0.2) is 47.5 Å². The summed E-state index contributed by atoms with van der Waals surface area (Å²) in [5.74, 6) is -3.90. The molecule has 0 heterocycles. The van der Waals surface area contributed by atoms with Crippen molar-refractivity contribution in [2.75, 3.05) is 0 Å². The average Bonchev–Trinajstić information content (AvgIpc) is 2.69. The first-order valence-electron chi connectivity index (χ1n) is 9.30. The second-order valence-corrected chi connectivity index (χ2v) is 6.80. The normalized spacial score (nSPS) is 11.2. The molecule has 0 saturated carbocycles. The molecule has 1 atom stereocenters. The van der Waals surface area contributed by atoms with Crippen LogP contribution in [0.5, 0.6) is 5.75 Å². The highest BCUT2D eigenvalue weighted by Crippen LogP contribution is 2.21. The molecule has 0 unspecified atom stereocenters. The number of aliphatic carboxylic acids is 2. The Kier molecular flexibility index (Phi) is 7.88. The number of nitrogens with one attached hydrogen (secondary N) is 1. The molecule has 32 heavy (non-hydrogen) atoms. The number of nitrogens with two attached hydrogens (primary N) is 2. The molecule has 11 nitrogen and oxygen atoms in total. The number of carbonyl (C=O) groups excluding carboxylic acids is 2. The van der Waals surface area contributed by atoms with Gasteiger partial charge in [-0.25, -0.2) is 14.6 Å². The van der Waals surface area contributed by atoms with Crippen molar-refractivity contribution in [2.45, 2.75) is 25.8 Å². The monoisotopic (exact) mass is 442 g/mol. The lowest BCUT2D eigenvalue weighted by molar-refractivity contribution is -0.147. The minimum atomic E-state index is -1.53. The third-order valence-corrected chi connectivity index (χ3v) is 4.19. The molecule has 7 N–H and O–H groups in total. The number of carbonyl (C=O) groups is 4. The van der Waals surface area contributed by atoms with Crippen LogP contribution >= 0.6 is 0 Å². The summed E-state index contributed by atoms with van der Waals surface area (Å²) in [7, 11) is 0. The van der Waals surface area contributed by atoms with E-state index in [2.05, 4.69) is 10.3 Å². The highest BCUT2D eigenvalue weighted by molar-refractivity contribution is 5.92. The fourth-order valence-corrected chi connectivity index (χ4v) is 2.69. The van der Waals surface area contributed by atoms with E-state index >= 15 is 0 Å². The largest absolute Gasteiger partial charge is 0.481 e. The van der Waals surface area contributed by atoms with E-state index < -0.39 is 36.3 Å². The van der Waals surface area contributed by atoms with Crippen LogP contribution in [0.25, 0.3) is 0 Å². The molecule has 0 aliphatic carbocycles. The Morgan fingerprint density at radius 3 is 2.25 bits per heavy atom. The zero-order valence-electron chi connectivity index (χ0n) is 17.1. The minimum absolute atomic E-state index is 0.0995. The predicted octanol–water partition coefficient (Wildman–Crippen LogP) is 0.706. The number of amides is 1. The van der Waals surface area contributed by atoms with Gasteiger partial charge in [-0.3, -0.25) is 9.59 Å². The number of esters is 1.